The summed E-state index contributed by atoms with van der Waals surface area (Å²) in [6.45, 7) is 4.19. The third-order valence-corrected chi connectivity index (χ3v) is 6.01. The lowest BCUT2D eigenvalue weighted by Gasteiger charge is -2.28. The third-order valence-electron chi connectivity index (χ3n) is 6.01. The molecule has 0 unspecified atom stereocenters. The molecule has 3 rings (SSSR count). The minimum atomic E-state index is -0.876. The summed E-state index contributed by atoms with van der Waals surface area (Å²) in [5.41, 5.74) is 3.80. The van der Waals surface area contributed by atoms with Crippen molar-refractivity contribution in [1.29, 1.82) is 0 Å². The lowest BCUT2D eigenvalue weighted by molar-refractivity contribution is -0.612. The Hall–Kier alpha value is -3.03. The Kier molecular flexibility index (Phi) is 8.36. The molecule has 1 aliphatic rings. The summed E-state index contributed by atoms with van der Waals surface area (Å²) < 4.78 is 5.65. The minimum absolute atomic E-state index is 0.00981. The van der Waals surface area contributed by atoms with Gasteiger partial charge in [-0.25, -0.2) is 4.79 Å². The van der Waals surface area contributed by atoms with Crippen molar-refractivity contribution in [2.45, 2.75) is 64.5 Å². The van der Waals surface area contributed by atoms with Crippen molar-refractivity contribution >= 4 is 23.5 Å². The number of carbonyl (C=O) groups is 3. The first-order valence-electron chi connectivity index (χ1n) is 11.4. The fraction of sp³-hybridized carbons (Fsp3) is 0.423. The van der Waals surface area contributed by atoms with E-state index < -0.39 is 11.6 Å². The van der Waals surface area contributed by atoms with Crippen molar-refractivity contribution in [3.05, 3.63) is 65.2 Å². The Morgan fingerprint density at radius 1 is 0.939 bits per heavy atom. The molecule has 0 spiro atoms. The molecule has 0 aromatic heterocycles. The van der Waals surface area contributed by atoms with Crippen molar-refractivity contribution in [3.8, 4) is 0 Å². The second-order valence-electron chi connectivity index (χ2n) is 9.01. The summed E-state index contributed by atoms with van der Waals surface area (Å²) in [4.78, 5) is 38.1. The number of quaternary nitrogens is 1. The predicted octanol–water partition coefficient (Wildman–Crippen LogP) is 2.81. The van der Waals surface area contributed by atoms with Gasteiger partial charge in [0.2, 0.25) is 5.91 Å². The summed E-state index contributed by atoms with van der Waals surface area (Å²) in [6.07, 6.45) is 2.39. The Morgan fingerprint density at radius 2 is 1.58 bits per heavy atom. The molecule has 176 valence electrons. The molecule has 0 atom stereocenters. The lowest BCUT2D eigenvalue weighted by Crippen LogP contribution is -2.89. The van der Waals surface area contributed by atoms with Crippen molar-refractivity contribution in [1.82, 2.24) is 0 Å². The van der Waals surface area contributed by atoms with Gasteiger partial charge < -0.3 is 14.7 Å². The molecule has 0 bridgehead atoms. The van der Waals surface area contributed by atoms with Gasteiger partial charge in [-0.15, -0.1) is 0 Å². The van der Waals surface area contributed by atoms with Crippen molar-refractivity contribution in [2.24, 2.45) is 0 Å². The van der Waals surface area contributed by atoms with Gasteiger partial charge in [-0.1, -0.05) is 42.5 Å². The fourth-order valence-electron chi connectivity index (χ4n) is 4.00. The van der Waals surface area contributed by atoms with Gasteiger partial charge in [-0.2, -0.15) is 0 Å². The second kappa shape index (κ2) is 11.2. The van der Waals surface area contributed by atoms with E-state index in [0.717, 1.165) is 29.7 Å². The molecule has 7 nitrogen and oxygen atoms in total. The van der Waals surface area contributed by atoms with E-state index in [1.54, 1.807) is 18.7 Å². The van der Waals surface area contributed by atoms with E-state index in [9.17, 15) is 14.4 Å². The molecule has 3 N–H and O–H groups in total. The fourth-order valence-corrected chi connectivity index (χ4v) is 4.00. The molecular weight excluding hydrogens is 420 g/mol. The maximum Gasteiger partial charge on any atom is 0.312 e. The van der Waals surface area contributed by atoms with Gasteiger partial charge in [0.05, 0.1) is 18.6 Å². The smallest absolute Gasteiger partial charge is 0.312 e. The predicted molar refractivity (Wildman–Crippen MR) is 125 cm³/mol. The van der Waals surface area contributed by atoms with Crippen molar-refractivity contribution in [2.75, 3.05) is 11.6 Å². The van der Waals surface area contributed by atoms with Crippen LogP contribution in [0.3, 0.4) is 0 Å². The molecule has 0 saturated heterocycles. The van der Waals surface area contributed by atoms with Crippen LogP contribution in [0.2, 0.25) is 0 Å². The van der Waals surface area contributed by atoms with Crippen LogP contribution in [0.25, 0.3) is 0 Å². The summed E-state index contributed by atoms with van der Waals surface area (Å²) in [5.74, 6) is -1.11. The van der Waals surface area contributed by atoms with E-state index in [0.29, 0.717) is 13.0 Å². The molecule has 2 aromatic carbocycles. The van der Waals surface area contributed by atoms with E-state index >= 15 is 0 Å². The van der Waals surface area contributed by atoms with Gasteiger partial charge in [-0.3, -0.25) is 14.9 Å². The molecule has 33 heavy (non-hydrogen) atoms. The Bertz CT molecular complexity index is 1000. The third kappa shape index (κ3) is 7.23. The van der Waals surface area contributed by atoms with Gasteiger partial charge in [0.15, 0.2) is 6.73 Å². The van der Waals surface area contributed by atoms with Crippen LogP contribution in [-0.2, 0) is 38.5 Å². The molecule has 0 saturated carbocycles. The summed E-state index contributed by atoms with van der Waals surface area (Å²) >= 11 is 0. The van der Waals surface area contributed by atoms with Gasteiger partial charge >= 0.3 is 11.9 Å². The highest BCUT2D eigenvalue weighted by atomic mass is 16.5. The second-order valence-corrected chi connectivity index (χ2v) is 9.01. The number of amides is 2. The number of aryl methyl sites for hydroxylation is 2. The number of carboxylic acid groups (broad SMARTS) is 1. The van der Waals surface area contributed by atoms with E-state index in [1.807, 2.05) is 30.3 Å². The number of carboxylic acids is 1. The highest BCUT2D eigenvalue weighted by molar-refractivity contribution is 5.95. The number of nitrogens with two attached hydrogens (primary N) is 1. The van der Waals surface area contributed by atoms with Crippen LogP contribution < -0.4 is 10.2 Å². The number of aliphatic carboxylic acids is 1. The molecule has 7 heteroatoms. The molecule has 2 aromatic rings. The minimum Gasteiger partial charge on any atom is -0.481 e. The number of hydrogen-bond donors (Lipinski definition) is 2. The molecule has 0 fully saturated rings. The number of benzene rings is 2. The topological polar surface area (TPSA) is 101 Å². The molecule has 0 aliphatic carbocycles. The first-order chi connectivity index (χ1) is 15.7. The number of para-hydroxylation sites is 1. The van der Waals surface area contributed by atoms with Crippen LogP contribution in [0, 0.1) is 0 Å². The first-order valence-corrected chi connectivity index (χ1v) is 11.4. The van der Waals surface area contributed by atoms with Crippen LogP contribution in [-0.4, -0.2) is 35.2 Å². The van der Waals surface area contributed by atoms with Crippen LogP contribution in [0.15, 0.2) is 48.5 Å². The Labute approximate surface area is 194 Å². The monoisotopic (exact) mass is 453 g/mol. The zero-order valence-electron chi connectivity index (χ0n) is 19.4. The van der Waals surface area contributed by atoms with E-state index in [-0.39, 0.29) is 37.8 Å². The zero-order valence-corrected chi connectivity index (χ0v) is 19.4. The summed E-state index contributed by atoms with van der Waals surface area (Å²) in [7, 11) is 0. The average molecular weight is 454 g/mol. The summed E-state index contributed by atoms with van der Waals surface area (Å²) in [6, 6.07) is 16.2. The van der Waals surface area contributed by atoms with E-state index in [1.165, 1.54) is 10.9 Å². The molecule has 1 aliphatic heterocycles. The maximum atomic E-state index is 13.2. The number of hydrogen-bond acceptors (Lipinski definition) is 4. The van der Waals surface area contributed by atoms with Crippen LogP contribution >= 0.6 is 0 Å². The Balaban J connectivity index is 1.57. The zero-order chi connectivity index (χ0) is 23.8. The Morgan fingerprint density at radius 3 is 2.30 bits per heavy atom. The molecular formula is C26H33N2O5+. The number of anilines is 1. The summed E-state index contributed by atoms with van der Waals surface area (Å²) in [5, 5.41) is 10.3. The maximum absolute atomic E-state index is 13.2. The molecule has 1 heterocycles. The normalized spacial score (nSPS) is 13.5. The number of rotatable bonds is 9. The number of ether oxygens (including phenoxy) is 1. The van der Waals surface area contributed by atoms with Gasteiger partial charge in [0, 0.05) is 18.5 Å². The van der Waals surface area contributed by atoms with Crippen LogP contribution in [0.5, 0.6) is 0 Å². The number of nitrogens with zero attached hydrogens (tertiary/aromatic N) is 1. The van der Waals surface area contributed by atoms with Gasteiger partial charge in [0.25, 0.3) is 0 Å². The standard InChI is InChI=1S/C26H32N2O5/c1-26(2,16-15-25(31)32)33-18-27-23(29)13-14-24(30)28-17-21-9-4-3-7-19(21)11-12-20-8-5-6-10-22(20)28/h3-10H,11-18H2,1-2H3,(H,27,29)(H,31,32)/p+1. The quantitative estimate of drug-likeness (QED) is 0.569. The van der Waals surface area contributed by atoms with Gasteiger partial charge in [-0.05, 0) is 55.9 Å². The number of carbonyl (C=O) groups excluding carboxylic acids is 2. The number of primary amides is 1. The molecule has 2 amide bonds. The van der Waals surface area contributed by atoms with Crippen LogP contribution in [0.1, 0.15) is 56.2 Å². The largest absolute Gasteiger partial charge is 0.481 e. The first kappa shape index (κ1) is 24.6. The van der Waals surface area contributed by atoms with E-state index in [2.05, 4.69) is 18.2 Å². The van der Waals surface area contributed by atoms with Crippen molar-refractivity contribution < 1.29 is 29.5 Å². The van der Waals surface area contributed by atoms with Crippen molar-refractivity contribution in [3.63, 3.8) is 0 Å². The SMILES string of the molecule is CC(C)(CCC(=O)O)OC[NH2+]C(=O)CCC(=O)N1Cc2ccccc2CCc2ccccc21. The highest BCUT2D eigenvalue weighted by Gasteiger charge is 2.24. The lowest BCUT2D eigenvalue weighted by atomic mass is 9.95. The van der Waals surface area contributed by atoms with Crippen LogP contribution in [0.4, 0.5) is 5.69 Å². The van der Waals surface area contributed by atoms with E-state index in [4.69, 9.17) is 9.84 Å². The van der Waals surface area contributed by atoms with Gasteiger partial charge in [0.1, 0.15) is 0 Å². The average Bonchev–Trinajstić information content (AvgIpc) is 2.77. The molecule has 0 radical (unpaired) electrons. The highest BCUT2D eigenvalue weighted by Crippen LogP contribution is 2.29. The number of fused-ring (bicyclic) bond motifs is 2.